The third-order valence-corrected chi connectivity index (χ3v) is 7.08. The van der Waals surface area contributed by atoms with Crippen LogP contribution in [0.25, 0.3) is 11.0 Å². The van der Waals surface area contributed by atoms with Crippen molar-refractivity contribution in [3.05, 3.63) is 47.4 Å². The first kappa shape index (κ1) is 21.8. The summed E-state index contributed by atoms with van der Waals surface area (Å²) in [4.78, 5) is 26.9. The molecule has 4 N–H and O–H groups in total. The monoisotopic (exact) mass is 469 g/mol. The lowest BCUT2D eigenvalue weighted by atomic mass is 10.0. The number of carbonyl (C=O) groups excluding carboxylic acids is 1. The zero-order chi connectivity index (χ0) is 24.2. The van der Waals surface area contributed by atoms with E-state index in [2.05, 4.69) is 48.9 Å². The van der Waals surface area contributed by atoms with E-state index in [-0.39, 0.29) is 23.2 Å². The second kappa shape index (κ2) is 8.18. The number of methoxy groups -OCH3 is 1. The summed E-state index contributed by atoms with van der Waals surface area (Å²) in [5.74, 6) is 6.84. The van der Waals surface area contributed by atoms with Gasteiger partial charge in [-0.05, 0) is 43.4 Å². The van der Waals surface area contributed by atoms with E-state index in [0.29, 0.717) is 53.2 Å². The third kappa shape index (κ3) is 3.85. The van der Waals surface area contributed by atoms with Gasteiger partial charge in [0.15, 0.2) is 0 Å². The van der Waals surface area contributed by atoms with E-state index < -0.39 is 0 Å². The summed E-state index contributed by atoms with van der Waals surface area (Å²) in [5, 5.41) is 6.97. The van der Waals surface area contributed by atoms with E-state index in [1.165, 1.54) is 6.33 Å². The van der Waals surface area contributed by atoms with Crippen molar-refractivity contribution in [3.63, 3.8) is 0 Å². The molecule has 3 aliphatic rings. The molecule has 9 heteroatoms. The first-order valence-corrected chi connectivity index (χ1v) is 11.8. The summed E-state index contributed by atoms with van der Waals surface area (Å²) >= 11 is 0. The van der Waals surface area contributed by atoms with Crippen molar-refractivity contribution >= 4 is 34.7 Å². The number of benzene rings is 1. The predicted octanol–water partition coefficient (Wildman–Crippen LogP) is 2.31. The van der Waals surface area contributed by atoms with Crippen LogP contribution in [0.1, 0.15) is 41.4 Å². The van der Waals surface area contributed by atoms with Crippen molar-refractivity contribution in [1.82, 2.24) is 19.9 Å². The summed E-state index contributed by atoms with van der Waals surface area (Å²) < 4.78 is 7.27. The van der Waals surface area contributed by atoms with Crippen LogP contribution in [-0.4, -0.2) is 52.4 Å². The number of nitrogens with two attached hydrogens (primary N) is 1. The van der Waals surface area contributed by atoms with Crippen LogP contribution in [-0.2, 0) is 16.9 Å². The Labute approximate surface area is 203 Å². The molecule has 0 radical (unpaired) electrons. The van der Waals surface area contributed by atoms with Gasteiger partial charge >= 0.3 is 0 Å². The standard InChI is InChI=1S/C26H27N7O2/c1-26(9-10-26)33-19(8-5-16-11-28-12-18-22(16)32-18)20(21-23(27)29-14-30-24(21)33)25(34)31-17-6-3-15(4-7-17)13-35-2/h3-4,6-7,12,14,16,18,22,32H,9-11,13H2,1-2H3,(H,31,34)(H2,27,29,30). The van der Waals surface area contributed by atoms with Gasteiger partial charge in [-0.15, -0.1) is 0 Å². The van der Waals surface area contributed by atoms with E-state index >= 15 is 0 Å². The van der Waals surface area contributed by atoms with Crippen molar-refractivity contribution < 1.29 is 9.53 Å². The van der Waals surface area contributed by atoms with Gasteiger partial charge in [0.05, 0.1) is 36.1 Å². The van der Waals surface area contributed by atoms with Crippen LogP contribution in [0, 0.1) is 17.8 Å². The maximum Gasteiger partial charge on any atom is 0.259 e. The smallest absolute Gasteiger partial charge is 0.259 e. The Kier molecular flexibility index (Phi) is 5.09. The largest absolute Gasteiger partial charge is 0.383 e. The molecule has 0 spiro atoms. The fourth-order valence-electron chi connectivity index (χ4n) is 4.82. The highest BCUT2D eigenvalue weighted by molar-refractivity contribution is 6.16. The second-order valence-corrected chi connectivity index (χ2v) is 9.71. The fourth-order valence-corrected chi connectivity index (χ4v) is 4.82. The van der Waals surface area contributed by atoms with Gasteiger partial charge in [-0.25, -0.2) is 9.97 Å². The average molecular weight is 470 g/mol. The molecular formula is C26H27N7O2. The van der Waals surface area contributed by atoms with Crippen molar-refractivity contribution in [2.45, 2.75) is 44.0 Å². The van der Waals surface area contributed by atoms with E-state index in [4.69, 9.17) is 10.5 Å². The molecule has 3 atom stereocenters. The van der Waals surface area contributed by atoms with Crippen LogP contribution in [0.2, 0.25) is 0 Å². The summed E-state index contributed by atoms with van der Waals surface area (Å²) in [5.41, 5.74) is 9.55. The van der Waals surface area contributed by atoms with Gasteiger partial charge in [0.1, 0.15) is 23.5 Å². The molecule has 6 rings (SSSR count). The lowest BCUT2D eigenvalue weighted by Crippen LogP contribution is -2.20. The molecule has 9 nitrogen and oxygen atoms in total. The van der Waals surface area contributed by atoms with Crippen molar-refractivity contribution in [1.29, 1.82) is 0 Å². The van der Waals surface area contributed by atoms with E-state index in [1.54, 1.807) is 7.11 Å². The van der Waals surface area contributed by atoms with Gasteiger partial charge in [-0.1, -0.05) is 18.1 Å². The lowest BCUT2D eigenvalue weighted by molar-refractivity contribution is 0.102. The Bertz CT molecular complexity index is 1410. The van der Waals surface area contributed by atoms with Crippen molar-refractivity contribution in [3.8, 4) is 11.8 Å². The normalized spacial score (nSPS) is 23.3. The lowest BCUT2D eigenvalue weighted by Gasteiger charge is -2.15. The summed E-state index contributed by atoms with van der Waals surface area (Å²) in [6.07, 6.45) is 5.37. The first-order valence-electron chi connectivity index (χ1n) is 11.8. The Morgan fingerprint density at radius 1 is 1.31 bits per heavy atom. The Hall–Kier alpha value is -3.74. The van der Waals surface area contributed by atoms with Crippen molar-refractivity contribution in [2.24, 2.45) is 10.9 Å². The number of anilines is 2. The molecule has 0 bridgehead atoms. The maximum absolute atomic E-state index is 13.7. The van der Waals surface area contributed by atoms with E-state index in [1.807, 2.05) is 30.5 Å². The number of nitrogen functional groups attached to an aromatic ring is 1. The molecule has 4 heterocycles. The van der Waals surface area contributed by atoms with Crippen LogP contribution >= 0.6 is 0 Å². The molecule has 2 aromatic heterocycles. The number of aliphatic imine (C=N–C) groups is 1. The number of ether oxygens (including phenoxy) is 1. The van der Waals surface area contributed by atoms with Crippen molar-refractivity contribution in [2.75, 3.05) is 24.7 Å². The van der Waals surface area contributed by atoms with Crippen LogP contribution in [0.5, 0.6) is 0 Å². The minimum atomic E-state index is -0.285. The molecule has 2 aliphatic heterocycles. The van der Waals surface area contributed by atoms with Gasteiger partial charge in [-0.2, -0.15) is 0 Å². The van der Waals surface area contributed by atoms with Crippen LogP contribution in [0.15, 0.2) is 35.6 Å². The topological polar surface area (TPSA) is 129 Å². The number of nitrogens with zero attached hydrogens (tertiary/aromatic N) is 4. The predicted molar refractivity (Wildman–Crippen MR) is 134 cm³/mol. The highest BCUT2D eigenvalue weighted by Crippen LogP contribution is 2.47. The molecule has 1 amide bonds. The molecule has 2 fully saturated rings. The molecular weight excluding hydrogens is 442 g/mol. The molecule has 178 valence electrons. The zero-order valence-electron chi connectivity index (χ0n) is 19.7. The molecule has 1 saturated carbocycles. The number of carbonyl (C=O) groups is 1. The Morgan fingerprint density at radius 2 is 2.11 bits per heavy atom. The van der Waals surface area contributed by atoms with Crippen LogP contribution < -0.4 is 16.4 Å². The number of hydrogen-bond donors (Lipinski definition) is 3. The second-order valence-electron chi connectivity index (χ2n) is 9.71. The molecule has 1 aromatic carbocycles. The van der Waals surface area contributed by atoms with Crippen LogP contribution in [0.4, 0.5) is 11.5 Å². The number of amides is 1. The Balaban J connectivity index is 1.45. The third-order valence-electron chi connectivity index (χ3n) is 7.08. The SMILES string of the molecule is COCc1ccc(NC(=O)c2c(C#CC3CN=CC4NC34)n(C3(C)CC3)c3ncnc(N)c23)cc1. The van der Waals surface area contributed by atoms with Crippen LogP contribution in [0.3, 0.4) is 0 Å². The maximum atomic E-state index is 13.7. The minimum Gasteiger partial charge on any atom is -0.383 e. The number of fused-ring (bicyclic) bond motifs is 2. The number of aromatic nitrogens is 3. The highest BCUT2D eigenvalue weighted by atomic mass is 16.5. The molecule has 3 unspecified atom stereocenters. The molecule has 35 heavy (non-hydrogen) atoms. The number of hydrogen-bond acceptors (Lipinski definition) is 7. The number of nitrogens with one attached hydrogen (secondary N) is 2. The first-order chi connectivity index (χ1) is 17.0. The van der Waals surface area contributed by atoms with Gasteiger partial charge in [0.2, 0.25) is 0 Å². The number of rotatable bonds is 5. The minimum absolute atomic E-state index is 0.0937. The molecule has 1 saturated heterocycles. The van der Waals surface area contributed by atoms with Gasteiger partial charge in [0.25, 0.3) is 5.91 Å². The van der Waals surface area contributed by atoms with Gasteiger partial charge in [-0.3, -0.25) is 9.79 Å². The molecule has 1 aliphatic carbocycles. The zero-order valence-corrected chi connectivity index (χ0v) is 19.7. The highest BCUT2D eigenvalue weighted by Gasteiger charge is 2.45. The summed E-state index contributed by atoms with van der Waals surface area (Å²) in [7, 11) is 1.65. The van der Waals surface area contributed by atoms with E-state index in [0.717, 1.165) is 18.4 Å². The van der Waals surface area contributed by atoms with Gasteiger partial charge < -0.3 is 25.7 Å². The van der Waals surface area contributed by atoms with E-state index in [9.17, 15) is 4.79 Å². The van der Waals surface area contributed by atoms with Gasteiger partial charge in [0, 0.05) is 30.6 Å². The summed E-state index contributed by atoms with van der Waals surface area (Å²) in [6, 6.07) is 8.20. The Morgan fingerprint density at radius 3 is 2.86 bits per heavy atom. The fraction of sp³-hybridized carbons (Fsp3) is 0.385. The molecule has 3 aromatic rings. The quantitative estimate of drug-likeness (QED) is 0.388. The summed E-state index contributed by atoms with van der Waals surface area (Å²) in [6.45, 7) is 3.32. The average Bonchev–Trinajstić information content (AvgIpc) is 3.76.